The second-order valence-corrected chi connectivity index (χ2v) is 4.20. The van der Waals surface area contributed by atoms with Gasteiger partial charge in [0.2, 0.25) is 0 Å². The Balaban J connectivity index is 2.40. The van der Waals surface area contributed by atoms with Crippen molar-refractivity contribution in [2.45, 2.75) is 45.8 Å². The van der Waals surface area contributed by atoms with Gasteiger partial charge in [-0.25, -0.2) is 4.79 Å². The van der Waals surface area contributed by atoms with Crippen molar-refractivity contribution >= 4 is 12.1 Å². The van der Waals surface area contributed by atoms with Gasteiger partial charge in [0.15, 0.2) is 0 Å². The van der Waals surface area contributed by atoms with Crippen LogP contribution in [0.15, 0.2) is 0 Å². The van der Waals surface area contributed by atoms with E-state index < -0.39 is 6.09 Å². The van der Waals surface area contributed by atoms with Crippen molar-refractivity contribution in [3.05, 3.63) is 0 Å². The number of ether oxygens (including phenoxy) is 2. The first-order valence-electron chi connectivity index (χ1n) is 5.67. The van der Waals surface area contributed by atoms with Crippen molar-refractivity contribution in [2.24, 2.45) is 5.92 Å². The molecule has 0 spiro atoms. The molecule has 1 saturated heterocycles. The third-order valence-electron chi connectivity index (χ3n) is 2.60. The normalized spacial score (nSPS) is 24.1. The van der Waals surface area contributed by atoms with Crippen molar-refractivity contribution in [1.29, 1.82) is 0 Å². The van der Waals surface area contributed by atoms with Crippen molar-refractivity contribution in [3.8, 4) is 0 Å². The van der Waals surface area contributed by atoms with Crippen LogP contribution in [0.2, 0.25) is 0 Å². The third kappa shape index (κ3) is 3.40. The largest absolute Gasteiger partial charge is 0.466 e. The Morgan fingerprint density at radius 3 is 2.81 bits per heavy atom. The maximum absolute atomic E-state index is 11.2. The zero-order chi connectivity index (χ0) is 12.1. The number of carbonyl (C=O) groups excluding carboxylic acids is 2. The zero-order valence-electron chi connectivity index (χ0n) is 9.99. The summed E-state index contributed by atoms with van der Waals surface area (Å²) in [5.41, 5.74) is 0. The number of nitrogens with one attached hydrogen (secondary N) is 1. The molecule has 1 heterocycles. The molecule has 0 unspecified atom stereocenters. The summed E-state index contributed by atoms with van der Waals surface area (Å²) in [5.74, 6) is 0.0478. The average molecular weight is 229 g/mol. The monoisotopic (exact) mass is 229 g/mol. The van der Waals surface area contributed by atoms with Crippen LogP contribution in [0.25, 0.3) is 0 Å². The second-order valence-electron chi connectivity index (χ2n) is 4.20. The van der Waals surface area contributed by atoms with Gasteiger partial charge in [0.05, 0.1) is 12.6 Å². The molecule has 1 rings (SSSR count). The van der Waals surface area contributed by atoms with Crippen LogP contribution in [0.4, 0.5) is 4.79 Å². The lowest BCUT2D eigenvalue weighted by atomic mass is 9.96. The summed E-state index contributed by atoms with van der Waals surface area (Å²) in [6.07, 6.45) is 0.182. The molecule has 5 nitrogen and oxygen atoms in total. The van der Waals surface area contributed by atoms with E-state index in [4.69, 9.17) is 9.47 Å². The van der Waals surface area contributed by atoms with Gasteiger partial charge in [-0.2, -0.15) is 0 Å². The van der Waals surface area contributed by atoms with Crippen LogP contribution in [0.3, 0.4) is 0 Å². The molecule has 0 radical (unpaired) electrons. The number of esters is 1. The van der Waals surface area contributed by atoms with E-state index in [1.165, 1.54) is 0 Å². The van der Waals surface area contributed by atoms with Gasteiger partial charge in [0.1, 0.15) is 6.10 Å². The fourth-order valence-corrected chi connectivity index (χ4v) is 1.80. The molecule has 0 aromatic heterocycles. The molecule has 2 atom stereocenters. The molecule has 16 heavy (non-hydrogen) atoms. The average Bonchev–Trinajstić information content (AvgIpc) is 2.57. The van der Waals surface area contributed by atoms with Gasteiger partial charge in [-0.15, -0.1) is 0 Å². The molecule has 0 aromatic rings. The predicted octanol–water partition coefficient (Wildman–Crippen LogP) is 1.46. The first-order valence-corrected chi connectivity index (χ1v) is 5.67. The molecule has 5 heteroatoms. The van der Waals surface area contributed by atoms with Crippen LogP contribution in [0, 0.1) is 5.92 Å². The molecular weight excluding hydrogens is 210 g/mol. The molecule has 0 saturated carbocycles. The SMILES string of the molecule is CCOC(=O)CC[C@@H]1OC(=O)N[C@H]1C(C)C. The topological polar surface area (TPSA) is 64.6 Å². The Kier molecular flexibility index (Phi) is 4.58. The van der Waals surface area contributed by atoms with Crippen LogP contribution in [-0.4, -0.2) is 30.8 Å². The highest BCUT2D eigenvalue weighted by molar-refractivity contribution is 5.71. The molecular formula is C11H19NO4. The van der Waals surface area contributed by atoms with Gasteiger partial charge >= 0.3 is 12.1 Å². The Morgan fingerprint density at radius 2 is 2.25 bits per heavy atom. The van der Waals surface area contributed by atoms with E-state index in [-0.39, 0.29) is 24.5 Å². The van der Waals surface area contributed by atoms with Gasteiger partial charge in [0.25, 0.3) is 0 Å². The lowest BCUT2D eigenvalue weighted by Crippen LogP contribution is -2.36. The van der Waals surface area contributed by atoms with Crippen molar-refractivity contribution < 1.29 is 19.1 Å². The molecule has 0 aromatic carbocycles. The lowest BCUT2D eigenvalue weighted by Gasteiger charge is -2.19. The van der Waals surface area contributed by atoms with Crippen LogP contribution in [-0.2, 0) is 14.3 Å². The van der Waals surface area contributed by atoms with E-state index >= 15 is 0 Å². The first-order chi connectivity index (χ1) is 7.54. The summed E-state index contributed by atoms with van der Waals surface area (Å²) >= 11 is 0. The van der Waals surface area contributed by atoms with E-state index in [1.807, 2.05) is 13.8 Å². The van der Waals surface area contributed by atoms with E-state index in [0.29, 0.717) is 18.9 Å². The summed E-state index contributed by atoms with van der Waals surface area (Å²) < 4.78 is 9.93. The molecule has 1 fully saturated rings. The summed E-state index contributed by atoms with van der Waals surface area (Å²) in [4.78, 5) is 22.3. The van der Waals surface area contributed by atoms with E-state index in [2.05, 4.69) is 5.32 Å². The van der Waals surface area contributed by atoms with Gasteiger partial charge in [-0.3, -0.25) is 4.79 Å². The zero-order valence-corrected chi connectivity index (χ0v) is 9.99. The molecule has 1 N–H and O–H groups in total. The first kappa shape index (κ1) is 12.8. The molecule has 1 amide bonds. The summed E-state index contributed by atoms with van der Waals surface area (Å²) in [6.45, 7) is 6.18. The number of cyclic esters (lactones) is 1. The van der Waals surface area contributed by atoms with Crippen LogP contribution in [0.1, 0.15) is 33.6 Å². The minimum Gasteiger partial charge on any atom is -0.466 e. The van der Waals surface area contributed by atoms with E-state index in [9.17, 15) is 9.59 Å². The highest BCUT2D eigenvalue weighted by Crippen LogP contribution is 2.20. The van der Waals surface area contributed by atoms with Crippen LogP contribution in [0.5, 0.6) is 0 Å². The van der Waals surface area contributed by atoms with Crippen molar-refractivity contribution in [2.75, 3.05) is 6.61 Å². The quantitative estimate of drug-likeness (QED) is 0.725. The summed E-state index contributed by atoms with van der Waals surface area (Å²) in [6, 6.07) is -0.0121. The maximum atomic E-state index is 11.2. The standard InChI is InChI=1S/C11H19NO4/c1-4-15-9(13)6-5-8-10(7(2)3)12-11(14)16-8/h7-8,10H,4-6H2,1-3H3,(H,12,14)/t8-,10-/m0/s1. The summed E-state index contributed by atoms with van der Waals surface area (Å²) in [7, 11) is 0. The van der Waals surface area contributed by atoms with E-state index in [1.54, 1.807) is 6.92 Å². The van der Waals surface area contributed by atoms with Gasteiger partial charge in [-0.05, 0) is 19.3 Å². The predicted molar refractivity (Wildman–Crippen MR) is 57.9 cm³/mol. The Labute approximate surface area is 95.5 Å². The highest BCUT2D eigenvalue weighted by Gasteiger charge is 2.35. The number of carbonyl (C=O) groups is 2. The van der Waals surface area contributed by atoms with Crippen molar-refractivity contribution in [1.82, 2.24) is 5.32 Å². The number of rotatable bonds is 5. The molecule has 0 bridgehead atoms. The Bertz CT molecular complexity index is 265. The Hall–Kier alpha value is -1.26. The van der Waals surface area contributed by atoms with Crippen LogP contribution < -0.4 is 5.32 Å². The van der Waals surface area contributed by atoms with Gasteiger partial charge in [-0.1, -0.05) is 13.8 Å². The van der Waals surface area contributed by atoms with Crippen LogP contribution >= 0.6 is 0 Å². The molecule has 92 valence electrons. The van der Waals surface area contributed by atoms with Gasteiger partial charge in [0, 0.05) is 6.42 Å². The molecule has 0 aliphatic carbocycles. The fraction of sp³-hybridized carbons (Fsp3) is 0.818. The lowest BCUT2D eigenvalue weighted by molar-refractivity contribution is -0.143. The number of hydrogen-bond donors (Lipinski definition) is 1. The number of alkyl carbamates (subject to hydrolysis) is 1. The number of hydrogen-bond acceptors (Lipinski definition) is 4. The smallest absolute Gasteiger partial charge is 0.407 e. The van der Waals surface area contributed by atoms with Crippen molar-refractivity contribution in [3.63, 3.8) is 0 Å². The highest BCUT2D eigenvalue weighted by atomic mass is 16.6. The van der Waals surface area contributed by atoms with Gasteiger partial charge < -0.3 is 14.8 Å². The number of amides is 1. The fourth-order valence-electron chi connectivity index (χ4n) is 1.80. The maximum Gasteiger partial charge on any atom is 0.407 e. The molecule has 1 aliphatic rings. The third-order valence-corrected chi connectivity index (χ3v) is 2.60. The second kappa shape index (κ2) is 5.72. The van der Waals surface area contributed by atoms with E-state index in [0.717, 1.165) is 0 Å². The summed E-state index contributed by atoms with van der Waals surface area (Å²) in [5, 5.41) is 2.75. The minimum atomic E-state index is -0.396. The minimum absolute atomic E-state index is 0.0121. The molecule has 1 aliphatic heterocycles. The Morgan fingerprint density at radius 1 is 1.56 bits per heavy atom.